The van der Waals surface area contributed by atoms with Gasteiger partial charge in [-0.2, -0.15) is 18.3 Å². The second-order valence-corrected chi connectivity index (χ2v) is 5.77. The lowest BCUT2D eigenvalue weighted by Gasteiger charge is -2.10. The lowest BCUT2D eigenvalue weighted by Crippen LogP contribution is -2.30. The van der Waals surface area contributed by atoms with E-state index in [1.54, 1.807) is 25.1 Å². The number of halogens is 3. The predicted molar refractivity (Wildman–Crippen MR) is 103 cm³/mol. The first-order valence-electron chi connectivity index (χ1n) is 7.98. The number of hydrogen-bond donors (Lipinski definition) is 3. The first kappa shape index (κ1) is 21.2. The number of thiocarbonyl (C=S) groups is 1. The molecule has 0 unspecified atom stereocenters. The summed E-state index contributed by atoms with van der Waals surface area (Å²) in [5, 5.41) is 16.0. The largest absolute Gasteiger partial charge is 0.504 e. The normalized spacial score (nSPS) is 11.3. The van der Waals surface area contributed by atoms with Crippen molar-refractivity contribution in [2.24, 2.45) is 5.10 Å². The Morgan fingerprint density at radius 1 is 1.29 bits per heavy atom. The van der Waals surface area contributed by atoms with E-state index in [0.717, 1.165) is 12.1 Å². The predicted octanol–water partition coefficient (Wildman–Crippen LogP) is 3.70. The summed E-state index contributed by atoms with van der Waals surface area (Å²) in [6, 6.07) is 8.94. The number of rotatable bonds is 5. The number of alkyl halides is 3. The number of phenols is 1. The fourth-order valence-corrected chi connectivity index (χ4v) is 2.19. The molecule has 0 bridgehead atoms. The van der Waals surface area contributed by atoms with Crippen molar-refractivity contribution in [3.63, 3.8) is 0 Å². The van der Waals surface area contributed by atoms with Crippen LogP contribution >= 0.6 is 12.2 Å². The van der Waals surface area contributed by atoms with Crippen molar-refractivity contribution >= 4 is 35.0 Å². The van der Waals surface area contributed by atoms with Crippen molar-refractivity contribution < 1.29 is 27.8 Å². The fourth-order valence-electron chi connectivity index (χ4n) is 2.09. The van der Waals surface area contributed by atoms with Gasteiger partial charge in [0.25, 0.3) is 5.91 Å². The van der Waals surface area contributed by atoms with Crippen LogP contribution < -0.4 is 15.5 Å². The Labute approximate surface area is 164 Å². The van der Waals surface area contributed by atoms with Gasteiger partial charge in [0.15, 0.2) is 16.5 Å². The number of ether oxygens (including phenoxy) is 1. The Balaban J connectivity index is 1.99. The van der Waals surface area contributed by atoms with Crippen molar-refractivity contribution in [3.8, 4) is 11.5 Å². The van der Waals surface area contributed by atoms with Gasteiger partial charge in [0.2, 0.25) is 0 Å². The summed E-state index contributed by atoms with van der Waals surface area (Å²) in [5.41, 5.74) is 1.65. The molecule has 0 spiro atoms. The van der Waals surface area contributed by atoms with E-state index in [1.807, 2.05) is 0 Å². The minimum absolute atomic E-state index is 0.0602. The molecule has 10 heteroatoms. The molecule has 2 aromatic rings. The van der Waals surface area contributed by atoms with Crippen molar-refractivity contribution in [1.29, 1.82) is 0 Å². The Morgan fingerprint density at radius 2 is 2.00 bits per heavy atom. The van der Waals surface area contributed by atoms with E-state index in [4.69, 9.17) is 17.0 Å². The van der Waals surface area contributed by atoms with Gasteiger partial charge in [-0.15, -0.1) is 0 Å². The number of anilines is 1. The quantitative estimate of drug-likeness (QED) is 0.397. The monoisotopic (exact) mass is 411 g/mol. The highest BCUT2D eigenvalue weighted by Crippen LogP contribution is 2.30. The second kappa shape index (κ2) is 9.18. The molecule has 0 aromatic heterocycles. The van der Waals surface area contributed by atoms with Gasteiger partial charge in [-0.25, -0.2) is 0 Å². The van der Waals surface area contributed by atoms with Crippen LogP contribution in [0.2, 0.25) is 0 Å². The van der Waals surface area contributed by atoms with Crippen LogP contribution in [0, 0.1) is 0 Å². The van der Waals surface area contributed by atoms with Crippen molar-refractivity contribution in [2.45, 2.75) is 13.1 Å². The van der Waals surface area contributed by atoms with Gasteiger partial charge in [-0.1, -0.05) is 24.4 Å². The Morgan fingerprint density at radius 3 is 2.68 bits per heavy atom. The average Bonchev–Trinajstić information content (AvgIpc) is 2.64. The fraction of sp³-hybridized carbons (Fsp3) is 0.167. The number of aromatic hydroxyl groups is 1. The Bertz CT molecular complexity index is 901. The molecule has 0 heterocycles. The van der Waals surface area contributed by atoms with Crippen LogP contribution in [-0.2, 0) is 11.0 Å². The van der Waals surface area contributed by atoms with Gasteiger partial charge in [-0.05, 0) is 37.3 Å². The van der Waals surface area contributed by atoms with Crippen molar-refractivity contribution in [3.05, 3.63) is 53.6 Å². The average molecular weight is 411 g/mol. The highest BCUT2D eigenvalue weighted by molar-refractivity contribution is 7.82. The number of carbonyl (C=O) groups excluding carboxylic acids is 1. The number of hydrazone groups is 1. The number of hydrogen-bond acceptors (Lipinski definition) is 5. The molecule has 6 nitrogen and oxygen atoms in total. The lowest BCUT2D eigenvalue weighted by molar-refractivity contribution is -0.137. The molecule has 0 atom stereocenters. The number of nitrogens with zero attached hydrogens (tertiary/aromatic N) is 1. The number of carbonyl (C=O) groups is 1. The Kier molecular flexibility index (Phi) is 6.94. The smallest absolute Gasteiger partial charge is 0.416 e. The van der Waals surface area contributed by atoms with E-state index >= 15 is 0 Å². The molecule has 0 radical (unpaired) electrons. The first-order chi connectivity index (χ1) is 13.2. The second-order valence-electron chi connectivity index (χ2n) is 5.36. The molecular formula is C18H16F3N3O3S. The summed E-state index contributed by atoms with van der Waals surface area (Å²) in [7, 11) is 0. The van der Waals surface area contributed by atoms with Crippen LogP contribution in [0.4, 0.5) is 18.9 Å². The van der Waals surface area contributed by atoms with E-state index in [1.165, 1.54) is 18.3 Å². The molecule has 148 valence electrons. The van der Waals surface area contributed by atoms with Gasteiger partial charge >= 0.3 is 6.18 Å². The molecule has 2 aromatic carbocycles. The van der Waals surface area contributed by atoms with E-state index in [2.05, 4.69) is 15.8 Å². The standard InChI is InChI=1S/C18H16F3N3O3S/c1-2-27-14-8-3-5-11(15(14)25)10-22-24-17(28)16(26)23-13-7-4-6-12(9-13)18(19,20)21/h3-10,25H,2H2,1H3,(H,23,26)(H,24,28)/b22-10+. The third-order valence-corrected chi connectivity index (χ3v) is 3.63. The summed E-state index contributed by atoms with van der Waals surface area (Å²) >= 11 is 4.85. The van der Waals surface area contributed by atoms with E-state index in [9.17, 15) is 23.1 Å². The van der Waals surface area contributed by atoms with E-state index in [-0.39, 0.29) is 22.2 Å². The zero-order chi connectivity index (χ0) is 20.7. The van der Waals surface area contributed by atoms with E-state index in [0.29, 0.717) is 12.2 Å². The van der Waals surface area contributed by atoms with Crippen molar-refractivity contribution in [2.75, 3.05) is 11.9 Å². The highest BCUT2D eigenvalue weighted by Gasteiger charge is 2.30. The molecule has 0 fully saturated rings. The van der Waals surface area contributed by atoms with Crippen LogP contribution in [-0.4, -0.2) is 28.8 Å². The highest BCUT2D eigenvalue weighted by atomic mass is 32.1. The van der Waals surface area contributed by atoms with Gasteiger partial charge in [0, 0.05) is 11.3 Å². The van der Waals surface area contributed by atoms with Crippen LogP contribution in [0.3, 0.4) is 0 Å². The molecule has 1 amide bonds. The van der Waals surface area contributed by atoms with Crippen LogP contribution in [0.5, 0.6) is 11.5 Å². The van der Waals surface area contributed by atoms with E-state index < -0.39 is 17.6 Å². The maximum absolute atomic E-state index is 12.7. The van der Waals surface area contributed by atoms with Gasteiger partial charge in [0.1, 0.15) is 0 Å². The molecule has 2 rings (SSSR count). The molecule has 0 saturated heterocycles. The third kappa shape index (κ3) is 5.68. The molecular weight excluding hydrogens is 395 g/mol. The SMILES string of the molecule is CCOc1cccc(/C=N/NC(=S)C(=O)Nc2cccc(C(F)(F)F)c2)c1O. The summed E-state index contributed by atoms with van der Waals surface area (Å²) in [4.78, 5) is 11.6. The summed E-state index contributed by atoms with van der Waals surface area (Å²) in [6.07, 6.45) is -3.30. The number of phenolic OH excluding ortho intramolecular Hbond substituents is 1. The summed E-state index contributed by atoms with van der Waals surface area (Å²) in [5.74, 6) is -0.690. The summed E-state index contributed by atoms with van der Waals surface area (Å²) in [6.45, 7) is 2.13. The molecule has 28 heavy (non-hydrogen) atoms. The molecule has 3 N–H and O–H groups in total. The zero-order valence-corrected chi connectivity index (χ0v) is 15.4. The minimum atomic E-state index is -4.53. The number of nitrogens with one attached hydrogen (secondary N) is 2. The third-order valence-electron chi connectivity index (χ3n) is 3.35. The molecule has 0 aliphatic heterocycles. The number of amides is 1. The Hall–Kier alpha value is -3.14. The number of para-hydroxylation sites is 1. The minimum Gasteiger partial charge on any atom is -0.504 e. The topological polar surface area (TPSA) is 83.0 Å². The van der Waals surface area contributed by atoms with Gasteiger partial charge < -0.3 is 15.2 Å². The molecule has 0 aliphatic carbocycles. The maximum Gasteiger partial charge on any atom is 0.416 e. The van der Waals surface area contributed by atoms with Crippen LogP contribution in [0.1, 0.15) is 18.1 Å². The van der Waals surface area contributed by atoms with Crippen LogP contribution in [0.25, 0.3) is 0 Å². The van der Waals surface area contributed by atoms with Crippen molar-refractivity contribution in [1.82, 2.24) is 5.43 Å². The molecule has 0 saturated carbocycles. The first-order valence-corrected chi connectivity index (χ1v) is 8.39. The zero-order valence-electron chi connectivity index (χ0n) is 14.6. The lowest BCUT2D eigenvalue weighted by atomic mass is 10.2. The summed E-state index contributed by atoms with van der Waals surface area (Å²) < 4.78 is 43.3. The maximum atomic E-state index is 12.7. The van der Waals surface area contributed by atoms with Gasteiger partial charge in [0.05, 0.1) is 18.4 Å². The van der Waals surface area contributed by atoms with Crippen LogP contribution in [0.15, 0.2) is 47.6 Å². The van der Waals surface area contributed by atoms with Gasteiger partial charge in [-0.3, -0.25) is 10.2 Å². The molecule has 0 aliphatic rings. The number of benzene rings is 2.